The first kappa shape index (κ1) is 17.9. The van der Waals surface area contributed by atoms with E-state index in [4.69, 9.17) is 0 Å². The number of hydrogen-bond donors (Lipinski definition) is 2. The molecule has 1 aromatic carbocycles. The van der Waals surface area contributed by atoms with E-state index in [-0.39, 0.29) is 12.1 Å². The van der Waals surface area contributed by atoms with Gasteiger partial charge in [-0.1, -0.05) is 12.1 Å². The van der Waals surface area contributed by atoms with E-state index in [0.717, 1.165) is 17.9 Å². The molecule has 0 aromatic heterocycles. The Morgan fingerprint density at radius 3 is 2.38 bits per heavy atom. The van der Waals surface area contributed by atoms with E-state index in [9.17, 15) is 9.90 Å². The molecule has 0 saturated heterocycles. The zero-order valence-electron chi connectivity index (χ0n) is 13.3. The molecule has 2 amide bonds. The van der Waals surface area contributed by atoms with Crippen LogP contribution >= 0.6 is 11.8 Å². The van der Waals surface area contributed by atoms with Gasteiger partial charge in [-0.2, -0.15) is 11.8 Å². The number of carbonyl (C=O) groups excluding carboxylic acids is 1. The molecule has 1 unspecified atom stereocenters. The molecule has 0 spiro atoms. The third-order valence-corrected chi connectivity index (χ3v) is 3.76. The van der Waals surface area contributed by atoms with Crippen LogP contribution in [0.1, 0.15) is 26.3 Å². The molecule has 0 fully saturated rings. The lowest BCUT2D eigenvalue weighted by atomic mass is 10.1. The molecule has 0 radical (unpaired) electrons. The molecule has 0 aliphatic carbocycles. The Morgan fingerprint density at radius 1 is 1.29 bits per heavy atom. The molecule has 0 bridgehead atoms. The minimum absolute atomic E-state index is 0.0421. The highest BCUT2D eigenvalue weighted by atomic mass is 32.2. The second-order valence-electron chi connectivity index (χ2n) is 5.47. The van der Waals surface area contributed by atoms with E-state index in [1.54, 1.807) is 11.8 Å². The summed E-state index contributed by atoms with van der Waals surface area (Å²) >= 11 is 1.82. The first-order chi connectivity index (χ1) is 9.93. The van der Waals surface area contributed by atoms with Crippen molar-refractivity contribution in [3.05, 3.63) is 29.8 Å². The van der Waals surface area contributed by atoms with Crippen molar-refractivity contribution in [1.29, 1.82) is 0 Å². The lowest BCUT2D eigenvalue weighted by molar-refractivity contribution is 0.125. The maximum Gasteiger partial charge on any atom is 0.322 e. The van der Waals surface area contributed by atoms with Crippen LogP contribution < -0.4 is 5.32 Å². The number of aryl methyl sites for hydroxylation is 1. The van der Waals surface area contributed by atoms with Crippen molar-refractivity contribution in [2.24, 2.45) is 0 Å². The van der Waals surface area contributed by atoms with E-state index >= 15 is 0 Å². The average Bonchev–Trinajstić information content (AvgIpc) is 2.43. The highest BCUT2D eigenvalue weighted by Crippen LogP contribution is 2.13. The van der Waals surface area contributed by atoms with Crippen LogP contribution in [0, 0.1) is 0 Å². The first-order valence-corrected chi connectivity index (χ1v) is 8.67. The number of carbonyl (C=O) groups is 1. The van der Waals surface area contributed by atoms with Crippen molar-refractivity contribution in [3.63, 3.8) is 0 Å². The number of anilines is 1. The van der Waals surface area contributed by atoms with Crippen LogP contribution in [0.15, 0.2) is 24.3 Å². The molecule has 4 nitrogen and oxygen atoms in total. The summed E-state index contributed by atoms with van der Waals surface area (Å²) in [7, 11) is 0. The van der Waals surface area contributed by atoms with Crippen LogP contribution in [-0.4, -0.2) is 46.7 Å². The number of amides is 2. The number of benzene rings is 1. The summed E-state index contributed by atoms with van der Waals surface area (Å²) in [5.41, 5.74) is 2.05. The Bertz CT molecular complexity index is 432. The number of rotatable bonds is 7. The van der Waals surface area contributed by atoms with E-state index in [1.807, 2.05) is 49.9 Å². The van der Waals surface area contributed by atoms with Crippen molar-refractivity contribution < 1.29 is 9.90 Å². The third kappa shape index (κ3) is 6.40. The Balaban J connectivity index is 2.63. The van der Waals surface area contributed by atoms with Crippen molar-refractivity contribution in [1.82, 2.24) is 4.90 Å². The molecule has 1 aromatic rings. The van der Waals surface area contributed by atoms with Gasteiger partial charge in [0.25, 0.3) is 0 Å². The molecule has 0 aliphatic rings. The molecule has 0 heterocycles. The minimum atomic E-state index is -0.535. The van der Waals surface area contributed by atoms with Gasteiger partial charge in [-0.25, -0.2) is 4.79 Å². The quantitative estimate of drug-likeness (QED) is 0.813. The molecule has 5 heteroatoms. The zero-order chi connectivity index (χ0) is 15.8. The highest BCUT2D eigenvalue weighted by molar-refractivity contribution is 7.98. The molecule has 1 rings (SSSR count). The van der Waals surface area contributed by atoms with Gasteiger partial charge in [0.1, 0.15) is 0 Å². The van der Waals surface area contributed by atoms with Crippen molar-refractivity contribution in [2.75, 3.05) is 23.9 Å². The summed E-state index contributed by atoms with van der Waals surface area (Å²) in [5.74, 6) is 1.10. The van der Waals surface area contributed by atoms with Gasteiger partial charge in [0, 0.05) is 18.3 Å². The lowest BCUT2D eigenvalue weighted by Gasteiger charge is -2.28. The Kier molecular flexibility index (Phi) is 7.61. The lowest BCUT2D eigenvalue weighted by Crippen LogP contribution is -2.43. The predicted octanol–water partition coefficient (Wildman–Crippen LogP) is 3.22. The van der Waals surface area contributed by atoms with Crippen molar-refractivity contribution in [2.45, 2.75) is 39.3 Å². The van der Waals surface area contributed by atoms with E-state index in [1.165, 1.54) is 5.56 Å². The third-order valence-electron chi connectivity index (χ3n) is 3.15. The van der Waals surface area contributed by atoms with Crippen molar-refractivity contribution >= 4 is 23.5 Å². The second-order valence-corrected chi connectivity index (χ2v) is 6.45. The van der Waals surface area contributed by atoms with Crippen LogP contribution in [0.2, 0.25) is 0 Å². The topological polar surface area (TPSA) is 52.6 Å². The first-order valence-electron chi connectivity index (χ1n) is 7.27. The maximum absolute atomic E-state index is 12.2. The fourth-order valence-corrected chi connectivity index (χ4v) is 2.42. The Hall–Kier alpha value is -1.20. The van der Waals surface area contributed by atoms with Gasteiger partial charge in [0.2, 0.25) is 0 Å². The minimum Gasteiger partial charge on any atom is -0.392 e. The van der Waals surface area contributed by atoms with Gasteiger partial charge in [0.05, 0.1) is 6.10 Å². The fraction of sp³-hybridized carbons (Fsp3) is 0.562. The monoisotopic (exact) mass is 310 g/mol. The Labute approximate surface area is 131 Å². The molecule has 0 saturated carbocycles. The van der Waals surface area contributed by atoms with Crippen LogP contribution in [0.4, 0.5) is 10.5 Å². The predicted molar refractivity (Wildman–Crippen MR) is 91.1 cm³/mol. The standard InChI is InChI=1S/C16H26N2O2S/c1-12(2)18(11-13(3)19)16(20)17-15-7-5-14(6-8-15)9-10-21-4/h5-8,12-13,19H,9-11H2,1-4H3,(H,17,20). The molecule has 0 aliphatic heterocycles. The van der Waals surface area contributed by atoms with Crippen LogP contribution in [-0.2, 0) is 6.42 Å². The summed E-state index contributed by atoms with van der Waals surface area (Å²) in [6.45, 7) is 5.89. The summed E-state index contributed by atoms with van der Waals surface area (Å²) < 4.78 is 0. The maximum atomic E-state index is 12.2. The summed E-state index contributed by atoms with van der Waals surface area (Å²) in [4.78, 5) is 13.9. The normalized spacial score (nSPS) is 12.3. The van der Waals surface area contributed by atoms with Gasteiger partial charge < -0.3 is 15.3 Å². The largest absolute Gasteiger partial charge is 0.392 e. The summed E-state index contributed by atoms with van der Waals surface area (Å²) in [5, 5.41) is 12.4. The molecule has 21 heavy (non-hydrogen) atoms. The number of hydrogen-bond acceptors (Lipinski definition) is 3. The van der Waals surface area contributed by atoms with Gasteiger partial charge in [-0.3, -0.25) is 0 Å². The second kappa shape index (κ2) is 8.95. The SMILES string of the molecule is CSCCc1ccc(NC(=O)N(CC(C)O)C(C)C)cc1. The fourth-order valence-electron chi connectivity index (χ4n) is 1.98. The highest BCUT2D eigenvalue weighted by Gasteiger charge is 2.18. The van der Waals surface area contributed by atoms with Gasteiger partial charge in [0.15, 0.2) is 0 Å². The smallest absolute Gasteiger partial charge is 0.322 e. The van der Waals surface area contributed by atoms with E-state index in [2.05, 4.69) is 11.6 Å². The van der Waals surface area contributed by atoms with Gasteiger partial charge >= 0.3 is 6.03 Å². The number of aliphatic hydroxyl groups is 1. The Morgan fingerprint density at radius 2 is 1.90 bits per heavy atom. The van der Waals surface area contributed by atoms with E-state index in [0.29, 0.717) is 6.54 Å². The zero-order valence-corrected chi connectivity index (χ0v) is 14.1. The average molecular weight is 310 g/mol. The number of aliphatic hydroxyl groups excluding tert-OH is 1. The number of nitrogens with zero attached hydrogens (tertiary/aromatic N) is 1. The van der Waals surface area contributed by atoms with Crippen LogP contribution in [0.25, 0.3) is 0 Å². The number of nitrogens with one attached hydrogen (secondary N) is 1. The molecule has 2 N–H and O–H groups in total. The van der Waals surface area contributed by atoms with Gasteiger partial charge in [-0.05, 0) is 56.9 Å². The van der Waals surface area contributed by atoms with Crippen LogP contribution in [0.3, 0.4) is 0 Å². The summed E-state index contributed by atoms with van der Waals surface area (Å²) in [6.07, 6.45) is 2.60. The number of urea groups is 1. The summed E-state index contributed by atoms with van der Waals surface area (Å²) in [6, 6.07) is 7.80. The molecule has 1 atom stereocenters. The molecular formula is C16H26N2O2S. The van der Waals surface area contributed by atoms with Gasteiger partial charge in [-0.15, -0.1) is 0 Å². The van der Waals surface area contributed by atoms with Crippen LogP contribution in [0.5, 0.6) is 0 Å². The number of thioether (sulfide) groups is 1. The molecular weight excluding hydrogens is 284 g/mol. The van der Waals surface area contributed by atoms with E-state index < -0.39 is 6.10 Å². The van der Waals surface area contributed by atoms with Crippen molar-refractivity contribution in [3.8, 4) is 0 Å². The molecule has 118 valence electrons.